The van der Waals surface area contributed by atoms with Crippen molar-refractivity contribution in [3.63, 3.8) is 0 Å². The van der Waals surface area contributed by atoms with Crippen LogP contribution in [0.5, 0.6) is 0 Å². The Bertz CT molecular complexity index is 529. The topological polar surface area (TPSA) is 43.4 Å². The van der Waals surface area contributed by atoms with E-state index in [0.29, 0.717) is 12.3 Å². The third-order valence-electron chi connectivity index (χ3n) is 3.67. The van der Waals surface area contributed by atoms with Crippen molar-refractivity contribution >= 4 is 26.0 Å². The van der Waals surface area contributed by atoms with Crippen LogP contribution in [0.4, 0.5) is 0 Å². The van der Waals surface area contributed by atoms with Gasteiger partial charge in [0, 0.05) is 4.83 Å². The standard InChI is InChI=1S/C14H19BrO3S/c1-3-12-9-14(12,18-19(2,16)17)10-13(15)11-7-5-4-6-8-11/h4-8,12-13H,3,9-10H2,1-2H3/t12-,13?,14+/m1/s1. The zero-order chi connectivity index (χ0) is 14.1. The van der Waals surface area contributed by atoms with Gasteiger partial charge in [0.25, 0.3) is 10.1 Å². The molecule has 5 heteroatoms. The van der Waals surface area contributed by atoms with Gasteiger partial charge in [0.05, 0.1) is 11.9 Å². The second kappa shape index (κ2) is 5.54. The van der Waals surface area contributed by atoms with E-state index in [2.05, 4.69) is 22.9 Å². The smallest absolute Gasteiger partial charge is 0.263 e. The largest absolute Gasteiger partial charge is 0.264 e. The van der Waals surface area contributed by atoms with E-state index >= 15 is 0 Å². The molecule has 3 nitrogen and oxygen atoms in total. The fraction of sp³-hybridized carbons (Fsp3) is 0.571. The van der Waals surface area contributed by atoms with E-state index in [9.17, 15) is 8.42 Å². The van der Waals surface area contributed by atoms with E-state index in [1.807, 2.05) is 30.3 Å². The summed E-state index contributed by atoms with van der Waals surface area (Å²) in [5.41, 5.74) is 0.646. The highest BCUT2D eigenvalue weighted by Crippen LogP contribution is 2.55. The molecule has 1 aromatic rings. The van der Waals surface area contributed by atoms with Crippen molar-refractivity contribution in [1.29, 1.82) is 0 Å². The molecule has 1 saturated carbocycles. The first-order valence-electron chi connectivity index (χ1n) is 6.46. The van der Waals surface area contributed by atoms with Crippen molar-refractivity contribution in [2.24, 2.45) is 5.92 Å². The van der Waals surface area contributed by atoms with Crippen LogP contribution in [0.3, 0.4) is 0 Å². The van der Waals surface area contributed by atoms with E-state index in [4.69, 9.17) is 4.18 Å². The fourth-order valence-corrected chi connectivity index (χ4v) is 4.37. The summed E-state index contributed by atoms with van der Waals surface area (Å²) in [5.74, 6) is 0.339. The number of rotatable bonds is 6. The summed E-state index contributed by atoms with van der Waals surface area (Å²) in [6, 6.07) is 10.0. The van der Waals surface area contributed by atoms with Crippen molar-refractivity contribution in [1.82, 2.24) is 0 Å². The summed E-state index contributed by atoms with van der Waals surface area (Å²) in [4.78, 5) is 0.118. The van der Waals surface area contributed by atoms with E-state index in [0.717, 1.165) is 24.7 Å². The maximum Gasteiger partial charge on any atom is 0.264 e. The van der Waals surface area contributed by atoms with Crippen LogP contribution < -0.4 is 0 Å². The summed E-state index contributed by atoms with van der Waals surface area (Å²) >= 11 is 3.65. The van der Waals surface area contributed by atoms with Crippen LogP contribution in [0.25, 0.3) is 0 Å². The van der Waals surface area contributed by atoms with Crippen LogP contribution in [0.15, 0.2) is 30.3 Å². The Kier molecular flexibility index (Phi) is 4.38. The minimum Gasteiger partial charge on any atom is -0.263 e. The summed E-state index contributed by atoms with van der Waals surface area (Å²) in [6.45, 7) is 2.07. The molecule has 0 N–H and O–H groups in total. The molecule has 0 radical (unpaired) electrons. The van der Waals surface area contributed by atoms with Gasteiger partial charge >= 0.3 is 0 Å². The third-order valence-corrected chi connectivity index (χ3v) is 5.16. The Balaban J connectivity index is 2.11. The second-order valence-electron chi connectivity index (χ2n) is 5.24. The van der Waals surface area contributed by atoms with Crippen LogP contribution in [-0.4, -0.2) is 20.3 Å². The highest BCUT2D eigenvalue weighted by molar-refractivity contribution is 9.09. The first kappa shape index (κ1) is 15.0. The van der Waals surface area contributed by atoms with Crippen LogP contribution >= 0.6 is 15.9 Å². The van der Waals surface area contributed by atoms with Crippen molar-refractivity contribution < 1.29 is 12.6 Å². The molecule has 19 heavy (non-hydrogen) atoms. The molecule has 1 fully saturated rings. The number of hydrogen-bond donors (Lipinski definition) is 0. The van der Waals surface area contributed by atoms with E-state index < -0.39 is 15.7 Å². The van der Waals surface area contributed by atoms with Gasteiger partial charge in [-0.05, 0) is 24.3 Å². The predicted octanol–water partition coefficient (Wildman–Crippen LogP) is 3.66. The monoisotopic (exact) mass is 346 g/mol. The van der Waals surface area contributed by atoms with Gasteiger partial charge in [0.2, 0.25) is 0 Å². The highest BCUT2D eigenvalue weighted by atomic mass is 79.9. The normalized spacial score (nSPS) is 28.1. The maximum absolute atomic E-state index is 11.4. The van der Waals surface area contributed by atoms with Crippen LogP contribution in [-0.2, 0) is 14.3 Å². The number of benzene rings is 1. The van der Waals surface area contributed by atoms with E-state index in [1.165, 1.54) is 0 Å². The van der Waals surface area contributed by atoms with Gasteiger partial charge in [0.15, 0.2) is 0 Å². The molecule has 0 aromatic heterocycles. The minimum absolute atomic E-state index is 0.118. The SMILES string of the molecule is CC[C@@H]1C[C@@]1(CC(Br)c1ccccc1)OS(C)(=O)=O. The second-order valence-corrected chi connectivity index (χ2v) is 7.92. The average molecular weight is 347 g/mol. The number of alkyl halides is 1. The lowest BCUT2D eigenvalue weighted by molar-refractivity contribution is 0.158. The van der Waals surface area contributed by atoms with Crippen molar-refractivity contribution in [2.75, 3.05) is 6.26 Å². The Labute approximate surface area is 123 Å². The highest BCUT2D eigenvalue weighted by Gasteiger charge is 2.57. The molecule has 0 aliphatic heterocycles. The van der Waals surface area contributed by atoms with Gasteiger partial charge < -0.3 is 0 Å². The Morgan fingerprint density at radius 1 is 1.42 bits per heavy atom. The van der Waals surface area contributed by atoms with Crippen molar-refractivity contribution in [3.8, 4) is 0 Å². The predicted molar refractivity (Wildman–Crippen MR) is 79.8 cm³/mol. The molecule has 0 heterocycles. The van der Waals surface area contributed by atoms with E-state index in [-0.39, 0.29) is 4.83 Å². The number of halogens is 1. The average Bonchev–Trinajstić information content (AvgIpc) is 3.00. The van der Waals surface area contributed by atoms with Crippen molar-refractivity contribution in [2.45, 2.75) is 36.6 Å². The lowest BCUT2D eigenvalue weighted by Crippen LogP contribution is -2.23. The molecule has 106 valence electrons. The Morgan fingerprint density at radius 3 is 2.53 bits per heavy atom. The molecule has 0 saturated heterocycles. The van der Waals surface area contributed by atoms with Gasteiger partial charge in [0.1, 0.15) is 0 Å². The molecule has 1 aliphatic carbocycles. The van der Waals surface area contributed by atoms with Gasteiger partial charge in [-0.25, -0.2) is 0 Å². The molecule has 3 atom stereocenters. The summed E-state index contributed by atoms with van der Waals surface area (Å²) in [5, 5.41) is 0. The third kappa shape index (κ3) is 3.80. The molecule has 0 spiro atoms. The zero-order valence-electron chi connectivity index (χ0n) is 11.2. The molecule has 1 aliphatic rings. The molecule has 1 aromatic carbocycles. The van der Waals surface area contributed by atoms with E-state index in [1.54, 1.807) is 0 Å². The summed E-state index contributed by atoms with van der Waals surface area (Å²) in [6.07, 6.45) is 3.59. The zero-order valence-corrected chi connectivity index (χ0v) is 13.6. The van der Waals surface area contributed by atoms with Crippen LogP contribution in [0, 0.1) is 5.92 Å². The maximum atomic E-state index is 11.4. The quantitative estimate of drug-likeness (QED) is 0.583. The van der Waals surface area contributed by atoms with Crippen molar-refractivity contribution in [3.05, 3.63) is 35.9 Å². The Hall–Kier alpha value is -0.390. The first-order chi connectivity index (χ1) is 8.86. The molecule has 0 amide bonds. The lowest BCUT2D eigenvalue weighted by Gasteiger charge is -2.20. The van der Waals surface area contributed by atoms with Crippen LogP contribution in [0.1, 0.15) is 36.6 Å². The number of hydrogen-bond acceptors (Lipinski definition) is 3. The fourth-order valence-electron chi connectivity index (χ4n) is 2.65. The molecular weight excluding hydrogens is 328 g/mol. The lowest BCUT2D eigenvalue weighted by atomic mass is 10.0. The minimum atomic E-state index is -3.41. The van der Waals surface area contributed by atoms with Gasteiger partial charge in [-0.2, -0.15) is 8.42 Å². The molecule has 0 bridgehead atoms. The molecular formula is C14H19BrO3S. The van der Waals surface area contributed by atoms with Gasteiger partial charge in [-0.15, -0.1) is 0 Å². The Morgan fingerprint density at radius 2 is 2.05 bits per heavy atom. The van der Waals surface area contributed by atoms with Crippen LogP contribution in [0.2, 0.25) is 0 Å². The first-order valence-corrected chi connectivity index (χ1v) is 9.19. The molecule has 1 unspecified atom stereocenters. The summed E-state index contributed by atoms with van der Waals surface area (Å²) in [7, 11) is -3.41. The summed E-state index contributed by atoms with van der Waals surface area (Å²) < 4.78 is 28.2. The van der Waals surface area contributed by atoms with Gasteiger partial charge in [-0.1, -0.05) is 59.6 Å². The van der Waals surface area contributed by atoms with Gasteiger partial charge in [-0.3, -0.25) is 4.18 Å². The molecule has 2 rings (SSSR count).